The number of hydrogen-bond donors (Lipinski definition) is 5. The van der Waals surface area contributed by atoms with Crippen molar-refractivity contribution < 1.29 is 19.5 Å². The SMILES string of the molecule is CCCc1ccc(CC[C@@H](CCC(=O)O)C(=O)N[C@@H](CCCN=C(N)N)C(=O)NC)cc1. The third-order valence-corrected chi connectivity index (χ3v) is 5.25. The molecular formula is C23H37N5O4. The molecule has 0 aliphatic heterocycles. The lowest BCUT2D eigenvalue weighted by molar-refractivity contribution is -0.138. The first-order chi connectivity index (χ1) is 15.3. The zero-order valence-electron chi connectivity index (χ0n) is 19.1. The van der Waals surface area contributed by atoms with Gasteiger partial charge in [0.1, 0.15) is 6.04 Å². The van der Waals surface area contributed by atoms with E-state index in [0.717, 1.165) is 18.4 Å². The number of nitrogens with two attached hydrogens (primary N) is 2. The van der Waals surface area contributed by atoms with Crippen LogP contribution in [-0.4, -0.2) is 48.5 Å². The van der Waals surface area contributed by atoms with Crippen LogP contribution in [-0.2, 0) is 27.2 Å². The van der Waals surface area contributed by atoms with Gasteiger partial charge in [0.25, 0.3) is 0 Å². The predicted molar refractivity (Wildman–Crippen MR) is 125 cm³/mol. The molecule has 1 rings (SSSR count). The summed E-state index contributed by atoms with van der Waals surface area (Å²) in [5.74, 6) is -2.11. The minimum absolute atomic E-state index is 0.0259. The summed E-state index contributed by atoms with van der Waals surface area (Å²) in [6, 6.07) is 7.54. The van der Waals surface area contributed by atoms with Gasteiger partial charge in [0.2, 0.25) is 11.8 Å². The van der Waals surface area contributed by atoms with Crippen LogP contribution in [0.3, 0.4) is 0 Å². The number of nitrogens with zero attached hydrogens (tertiary/aromatic N) is 1. The van der Waals surface area contributed by atoms with Gasteiger partial charge in [-0.05, 0) is 49.7 Å². The Morgan fingerprint density at radius 2 is 1.62 bits per heavy atom. The largest absolute Gasteiger partial charge is 0.481 e. The number of carboxylic acids is 1. The van der Waals surface area contributed by atoms with Gasteiger partial charge in [-0.1, -0.05) is 37.6 Å². The van der Waals surface area contributed by atoms with Crippen LogP contribution in [0.1, 0.15) is 56.6 Å². The van der Waals surface area contributed by atoms with Crippen molar-refractivity contribution >= 4 is 23.7 Å². The highest BCUT2D eigenvalue weighted by Gasteiger charge is 2.25. The van der Waals surface area contributed by atoms with Gasteiger partial charge in [0, 0.05) is 25.9 Å². The number of likely N-dealkylation sites (N-methyl/N-ethyl adjacent to an activating group) is 1. The number of amides is 2. The molecule has 9 heteroatoms. The molecule has 178 valence electrons. The summed E-state index contributed by atoms with van der Waals surface area (Å²) in [4.78, 5) is 40.1. The monoisotopic (exact) mass is 447 g/mol. The van der Waals surface area contributed by atoms with E-state index in [2.05, 4.69) is 34.7 Å². The van der Waals surface area contributed by atoms with E-state index in [1.165, 1.54) is 12.6 Å². The van der Waals surface area contributed by atoms with E-state index in [1.54, 1.807) is 0 Å². The van der Waals surface area contributed by atoms with E-state index in [4.69, 9.17) is 16.6 Å². The highest BCUT2D eigenvalue weighted by molar-refractivity contribution is 5.88. The third-order valence-electron chi connectivity index (χ3n) is 5.25. The number of aliphatic carboxylic acids is 1. The number of nitrogens with one attached hydrogen (secondary N) is 2. The van der Waals surface area contributed by atoms with Crippen molar-refractivity contribution in [3.63, 3.8) is 0 Å². The molecule has 9 nitrogen and oxygen atoms in total. The van der Waals surface area contributed by atoms with Crippen LogP contribution in [0.5, 0.6) is 0 Å². The molecule has 0 aliphatic rings. The van der Waals surface area contributed by atoms with Crippen LogP contribution in [0.2, 0.25) is 0 Å². The first-order valence-corrected chi connectivity index (χ1v) is 11.1. The van der Waals surface area contributed by atoms with Crippen molar-refractivity contribution in [2.24, 2.45) is 22.4 Å². The van der Waals surface area contributed by atoms with E-state index in [1.807, 2.05) is 12.1 Å². The lowest BCUT2D eigenvalue weighted by Crippen LogP contribution is -2.47. The molecule has 7 N–H and O–H groups in total. The van der Waals surface area contributed by atoms with Gasteiger partial charge >= 0.3 is 5.97 Å². The van der Waals surface area contributed by atoms with Gasteiger partial charge in [-0.15, -0.1) is 0 Å². The van der Waals surface area contributed by atoms with E-state index >= 15 is 0 Å². The summed E-state index contributed by atoms with van der Waals surface area (Å²) in [6.45, 7) is 2.48. The molecule has 0 spiro atoms. The van der Waals surface area contributed by atoms with Gasteiger partial charge in [-0.2, -0.15) is 0 Å². The Hall–Kier alpha value is -3.10. The summed E-state index contributed by atoms with van der Waals surface area (Å²) in [5.41, 5.74) is 13.0. The van der Waals surface area contributed by atoms with Gasteiger partial charge in [0.05, 0.1) is 0 Å². The second-order valence-electron chi connectivity index (χ2n) is 7.86. The molecule has 1 aromatic carbocycles. The molecular weight excluding hydrogens is 410 g/mol. The fourth-order valence-corrected chi connectivity index (χ4v) is 3.44. The summed E-state index contributed by atoms with van der Waals surface area (Å²) < 4.78 is 0. The van der Waals surface area contributed by atoms with Crippen molar-refractivity contribution in [3.05, 3.63) is 35.4 Å². The second kappa shape index (κ2) is 14.8. The smallest absolute Gasteiger partial charge is 0.303 e. The maximum atomic E-state index is 12.9. The summed E-state index contributed by atoms with van der Waals surface area (Å²) in [6.07, 6.45) is 4.24. The maximum Gasteiger partial charge on any atom is 0.303 e. The van der Waals surface area contributed by atoms with Crippen molar-refractivity contribution in [1.82, 2.24) is 10.6 Å². The Balaban J connectivity index is 2.78. The molecule has 32 heavy (non-hydrogen) atoms. The molecule has 0 fully saturated rings. The number of benzene rings is 1. The van der Waals surface area contributed by atoms with Crippen molar-refractivity contribution in [2.45, 2.75) is 64.3 Å². The molecule has 0 aromatic heterocycles. The van der Waals surface area contributed by atoms with Crippen molar-refractivity contribution in [3.8, 4) is 0 Å². The van der Waals surface area contributed by atoms with Crippen LogP contribution in [0.4, 0.5) is 0 Å². The molecule has 0 aliphatic carbocycles. The number of aliphatic imine (C=N–C) groups is 1. The first-order valence-electron chi connectivity index (χ1n) is 11.1. The number of carboxylic acid groups (broad SMARTS) is 1. The Kier molecular flexibility index (Phi) is 12.5. The Morgan fingerprint density at radius 1 is 1.00 bits per heavy atom. The number of hydrogen-bond acceptors (Lipinski definition) is 4. The fourth-order valence-electron chi connectivity index (χ4n) is 3.44. The van der Waals surface area contributed by atoms with Crippen LogP contribution < -0.4 is 22.1 Å². The molecule has 0 saturated carbocycles. The first kappa shape index (κ1) is 26.9. The van der Waals surface area contributed by atoms with Crippen LogP contribution in [0.15, 0.2) is 29.3 Å². The average molecular weight is 448 g/mol. The number of aryl methyl sites for hydroxylation is 2. The molecule has 1 aromatic rings. The third kappa shape index (κ3) is 10.8. The number of carbonyl (C=O) groups is 3. The number of guanidine groups is 1. The molecule has 0 radical (unpaired) electrons. The minimum atomic E-state index is -0.952. The maximum absolute atomic E-state index is 12.9. The van der Waals surface area contributed by atoms with Crippen molar-refractivity contribution in [1.29, 1.82) is 0 Å². The quantitative estimate of drug-likeness (QED) is 0.155. The van der Waals surface area contributed by atoms with Crippen LogP contribution in [0.25, 0.3) is 0 Å². The Morgan fingerprint density at radius 3 is 2.16 bits per heavy atom. The molecule has 0 unspecified atom stereocenters. The standard InChI is InChI=1S/C23H37N5O4/c1-3-5-16-7-9-17(10-8-16)11-12-18(13-14-20(29)30)21(31)28-19(22(32)26-2)6-4-15-27-23(24)25/h7-10,18-19H,3-6,11-15H2,1-2H3,(H,26,32)(H,28,31)(H,29,30)(H4,24,25,27)/t18-,19-/m0/s1. The molecule has 0 saturated heterocycles. The highest BCUT2D eigenvalue weighted by atomic mass is 16.4. The fraction of sp³-hybridized carbons (Fsp3) is 0.565. The lowest BCUT2D eigenvalue weighted by Gasteiger charge is -2.21. The van der Waals surface area contributed by atoms with Crippen molar-refractivity contribution in [2.75, 3.05) is 13.6 Å². The lowest BCUT2D eigenvalue weighted by atomic mass is 9.93. The Labute approximate surface area is 190 Å². The molecule has 2 atom stereocenters. The van der Waals surface area contributed by atoms with Gasteiger partial charge in [-0.3, -0.25) is 19.4 Å². The highest BCUT2D eigenvalue weighted by Crippen LogP contribution is 2.17. The topological polar surface area (TPSA) is 160 Å². The zero-order valence-corrected chi connectivity index (χ0v) is 19.1. The van der Waals surface area contributed by atoms with Crippen LogP contribution >= 0.6 is 0 Å². The van der Waals surface area contributed by atoms with E-state index in [-0.39, 0.29) is 30.6 Å². The van der Waals surface area contributed by atoms with Gasteiger partial charge in [0.15, 0.2) is 5.96 Å². The zero-order chi connectivity index (χ0) is 23.9. The van der Waals surface area contributed by atoms with E-state index in [0.29, 0.717) is 32.2 Å². The van der Waals surface area contributed by atoms with E-state index < -0.39 is 17.9 Å². The summed E-state index contributed by atoms with van der Waals surface area (Å²) in [5, 5.41) is 14.4. The number of carbonyl (C=O) groups excluding carboxylic acids is 2. The second-order valence-corrected chi connectivity index (χ2v) is 7.86. The Bertz CT molecular complexity index is 760. The minimum Gasteiger partial charge on any atom is -0.481 e. The summed E-state index contributed by atoms with van der Waals surface area (Å²) in [7, 11) is 1.50. The summed E-state index contributed by atoms with van der Waals surface area (Å²) >= 11 is 0. The normalized spacial score (nSPS) is 12.4. The van der Waals surface area contributed by atoms with Gasteiger partial charge in [-0.25, -0.2) is 0 Å². The molecule has 0 bridgehead atoms. The molecule has 0 heterocycles. The van der Waals surface area contributed by atoms with Crippen LogP contribution in [0, 0.1) is 5.92 Å². The van der Waals surface area contributed by atoms with E-state index in [9.17, 15) is 14.4 Å². The van der Waals surface area contributed by atoms with Gasteiger partial charge < -0.3 is 27.2 Å². The number of rotatable bonds is 15. The average Bonchev–Trinajstić information content (AvgIpc) is 2.76. The molecule has 2 amide bonds. The predicted octanol–water partition coefficient (Wildman–Crippen LogP) is 1.34.